The number of hydrogen-bond donors (Lipinski definition) is 0. The molecule has 5 rings (SSSR count). The molecule has 1 amide bonds. The largest absolute Gasteiger partial charge is 0.457 e. The number of halogens is 3. The topological polar surface area (TPSA) is 38.7 Å². The van der Waals surface area contributed by atoms with Crippen molar-refractivity contribution in [2.24, 2.45) is 4.99 Å². The molecule has 2 unspecified atom stereocenters. The zero-order valence-electron chi connectivity index (χ0n) is 18.4. The standard InChI is InChI=1S/C27H22F3N2O2/c1-32(16-14-23-24(32)6-2-3-15-31-23)26(33)19-8-13-22-18(17-19)5-4-7-25(22)34-21-11-9-20(10-12-21)27(28,29)30/h2-13,15,17,24H,14,16H2,1H3/q+1. The van der Waals surface area contributed by atoms with Crippen molar-refractivity contribution >= 4 is 22.4 Å². The first-order valence-electron chi connectivity index (χ1n) is 10.9. The highest BCUT2D eigenvalue weighted by Crippen LogP contribution is 2.35. The van der Waals surface area contributed by atoms with Crippen LogP contribution in [0.1, 0.15) is 22.3 Å². The number of amides is 1. The number of likely N-dealkylation sites (N-methyl/N-ethyl adjacent to an activating group) is 1. The van der Waals surface area contributed by atoms with E-state index in [0.717, 1.165) is 35.0 Å². The molecule has 2 aliphatic heterocycles. The van der Waals surface area contributed by atoms with Crippen LogP contribution in [0.4, 0.5) is 13.2 Å². The van der Waals surface area contributed by atoms with Gasteiger partial charge in [-0.3, -0.25) is 4.99 Å². The second-order valence-corrected chi connectivity index (χ2v) is 8.65. The summed E-state index contributed by atoms with van der Waals surface area (Å²) in [6.45, 7) is 0.676. The summed E-state index contributed by atoms with van der Waals surface area (Å²) in [4.78, 5) is 18.1. The minimum absolute atomic E-state index is 0.0118. The van der Waals surface area contributed by atoms with E-state index >= 15 is 0 Å². The lowest BCUT2D eigenvalue weighted by molar-refractivity contribution is -0.828. The number of quaternary nitrogens is 1. The van der Waals surface area contributed by atoms with Crippen LogP contribution in [0.15, 0.2) is 90.1 Å². The fourth-order valence-corrected chi connectivity index (χ4v) is 4.60. The first-order chi connectivity index (χ1) is 16.3. The molecule has 7 heteroatoms. The molecule has 34 heavy (non-hydrogen) atoms. The van der Waals surface area contributed by atoms with Gasteiger partial charge in [0.25, 0.3) is 0 Å². The Morgan fingerprint density at radius 2 is 1.85 bits per heavy atom. The number of fused-ring (bicyclic) bond motifs is 2. The summed E-state index contributed by atoms with van der Waals surface area (Å²) in [6.07, 6.45) is 3.96. The highest BCUT2D eigenvalue weighted by Gasteiger charge is 2.47. The number of rotatable bonds is 3. The molecule has 4 nitrogen and oxygen atoms in total. The lowest BCUT2D eigenvalue weighted by Crippen LogP contribution is -2.53. The van der Waals surface area contributed by atoms with Gasteiger partial charge in [-0.05, 0) is 66.1 Å². The van der Waals surface area contributed by atoms with E-state index in [0.29, 0.717) is 23.6 Å². The fourth-order valence-electron chi connectivity index (χ4n) is 4.60. The van der Waals surface area contributed by atoms with E-state index in [-0.39, 0.29) is 16.4 Å². The molecule has 2 aliphatic rings. The average Bonchev–Trinajstić information content (AvgIpc) is 2.98. The van der Waals surface area contributed by atoms with Gasteiger partial charge in [-0.15, -0.1) is 0 Å². The van der Waals surface area contributed by atoms with Crippen molar-refractivity contribution in [3.63, 3.8) is 0 Å². The SMILES string of the molecule is C[N+]1(C(=O)c2ccc3c(Oc4ccc(C(F)(F)F)cc4)cccc3c2)CCC2=NC=CC=CC21. The van der Waals surface area contributed by atoms with Gasteiger partial charge in [-0.25, -0.2) is 9.28 Å². The maximum atomic E-state index is 13.6. The third-order valence-electron chi connectivity index (χ3n) is 6.48. The molecule has 0 N–H and O–H groups in total. The number of allylic oxidation sites excluding steroid dienone is 2. The Morgan fingerprint density at radius 1 is 1.06 bits per heavy atom. The molecule has 2 heterocycles. The van der Waals surface area contributed by atoms with Crippen LogP contribution in [-0.2, 0) is 6.18 Å². The molecule has 1 fully saturated rings. The Labute approximate surface area is 194 Å². The van der Waals surface area contributed by atoms with Gasteiger partial charge in [0.05, 0.1) is 30.4 Å². The number of nitrogens with zero attached hydrogens (tertiary/aromatic N) is 2. The van der Waals surface area contributed by atoms with E-state index in [4.69, 9.17) is 4.74 Å². The van der Waals surface area contributed by atoms with Crippen LogP contribution in [0, 0.1) is 0 Å². The van der Waals surface area contributed by atoms with Gasteiger partial charge in [0.2, 0.25) is 0 Å². The molecule has 172 valence electrons. The number of ether oxygens (including phenoxy) is 1. The van der Waals surface area contributed by atoms with Gasteiger partial charge < -0.3 is 4.74 Å². The Kier molecular flexibility index (Phi) is 5.37. The first-order valence-corrected chi connectivity index (χ1v) is 10.9. The quantitative estimate of drug-likeness (QED) is 0.414. The zero-order valence-corrected chi connectivity index (χ0v) is 18.4. The summed E-state index contributed by atoms with van der Waals surface area (Å²) in [5.41, 5.74) is 0.870. The summed E-state index contributed by atoms with van der Waals surface area (Å²) in [7, 11) is 1.94. The summed E-state index contributed by atoms with van der Waals surface area (Å²) in [6, 6.07) is 15.4. The summed E-state index contributed by atoms with van der Waals surface area (Å²) < 4.78 is 44.6. The number of likely N-dealkylation sites (tertiary alicyclic amines) is 1. The Balaban J connectivity index is 1.43. The van der Waals surface area contributed by atoms with Gasteiger partial charge in [0, 0.05) is 18.0 Å². The second kappa shape index (κ2) is 8.25. The monoisotopic (exact) mass is 463 g/mol. The summed E-state index contributed by atoms with van der Waals surface area (Å²) in [5.74, 6) is 0.819. The highest BCUT2D eigenvalue weighted by atomic mass is 19.4. The molecule has 3 aromatic rings. The van der Waals surface area contributed by atoms with Crippen molar-refractivity contribution in [3.05, 3.63) is 96.2 Å². The summed E-state index contributed by atoms with van der Waals surface area (Å²) in [5, 5.41) is 1.58. The van der Waals surface area contributed by atoms with Crippen LogP contribution in [0.3, 0.4) is 0 Å². The lowest BCUT2D eigenvalue weighted by atomic mass is 10.0. The van der Waals surface area contributed by atoms with Gasteiger partial charge >= 0.3 is 12.1 Å². The molecule has 3 aromatic carbocycles. The smallest absolute Gasteiger partial charge is 0.416 e. The Morgan fingerprint density at radius 3 is 2.62 bits per heavy atom. The number of benzene rings is 3. The third kappa shape index (κ3) is 3.92. The molecule has 0 radical (unpaired) electrons. The number of carbonyl (C=O) groups excluding carboxylic acids is 1. The Bertz CT molecular complexity index is 1360. The Hall–Kier alpha value is -3.71. The van der Waals surface area contributed by atoms with Crippen LogP contribution in [-0.4, -0.2) is 35.7 Å². The number of aliphatic imine (C=N–C) groups is 1. The van der Waals surface area contributed by atoms with Crippen molar-refractivity contribution in [2.75, 3.05) is 13.6 Å². The molecule has 0 aromatic heterocycles. The summed E-state index contributed by atoms with van der Waals surface area (Å²) >= 11 is 0. The van der Waals surface area contributed by atoms with Crippen LogP contribution in [0.5, 0.6) is 11.5 Å². The maximum Gasteiger partial charge on any atom is 0.416 e. The third-order valence-corrected chi connectivity index (χ3v) is 6.48. The van der Waals surface area contributed by atoms with Crippen LogP contribution in [0.25, 0.3) is 10.8 Å². The fraction of sp³-hybridized carbons (Fsp3) is 0.185. The molecule has 0 saturated carbocycles. The maximum absolute atomic E-state index is 13.6. The molecule has 0 bridgehead atoms. The molecular weight excluding hydrogens is 441 g/mol. The van der Waals surface area contributed by atoms with Crippen LogP contribution >= 0.6 is 0 Å². The predicted octanol–water partition coefficient (Wildman–Crippen LogP) is 6.53. The molecule has 2 atom stereocenters. The zero-order chi connectivity index (χ0) is 23.9. The molecular formula is C27H22F3N2O2+. The van der Waals surface area contributed by atoms with E-state index in [9.17, 15) is 18.0 Å². The second-order valence-electron chi connectivity index (χ2n) is 8.65. The average molecular weight is 463 g/mol. The van der Waals surface area contributed by atoms with E-state index in [2.05, 4.69) is 4.99 Å². The van der Waals surface area contributed by atoms with Crippen molar-refractivity contribution in [3.8, 4) is 11.5 Å². The van der Waals surface area contributed by atoms with Gasteiger partial charge in [0.15, 0.2) is 6.04 Å². The van der Waals surface area contributed by atoms with Crippen LogP contribution in [0.2, 0.25) is 0 Å². The molecule has 0 aliphatic carbocycles. The highest BCUT2D eigenvalue weighted by molar-refractivity contribution is 6.00. The minimum atomic E-state index is -4.40. The minimum Gasteiger partial charge on any atom is -0.457 e. The number of alkyl halides is 3. The van der Waals surface area contributed by atoms with E-state index in [1.165, 1.54) is 12.1 Å². The van der Waals surface area contributed by atoms with Gasteiger partial charge in [0.1, 0.15) is 11.5 Å². The van der Waals surface area contributed by atoms with Crippen molar-refractivity contribution in [2.45, 2.75) is 18.6 Å². The van der Waals surface area contributed by atoms with Gasteiger partial charge in [-0.2, -0.15) is 13.2 Å². The van der Waals surface area contributed by atoms with E-state index in [1.807, 2.05) is 43.5 Å². The first kappa shape index (κ1) is 22.1. The molecule has 1 saturated heterocycles. The predicted molar refractivity (Wildman–Crippen MR) is 125 cm³/mol. The molecule has 0 spiro atoms. The van der Waals surface area contributed by atoms with Gasteiger partial charge in [-0.1, -0.05) is 18.2 Å². The van der Waals surface area contributed by atoms with Crippen molar-refractivity contribution in [1.82, 2.24) is 0 Å². The van der Waals surface area contributed by atoms with Crippen LogP contribution < -0.4 is 4.74 Å². The number of hydrogen-bond acceptors (Lipinski definition) is 3. The van der Waals surface area contributed by atoms with E-state index < -0.39 is 11.7 Å². The number of carbonyl (C=O) groups is 1. The lowest BCUT2D eigenvalue weighted by Gasteiger charge is -2.31. The van der Waals surface area contributed by atoms with Crippen molar-refractivity contribution < 1.29 is 27.2 Å². The van der Waals surface area contributed by atoms with Crippen molar-refractivity contribution in [1.29, 1.82) is 0 Å². The van der Waals surface area contributed by atoms with E-state index in [1.54, 1.807) is 24.4 Å². The normalized spacial score (nSPS) is 21.8.